The molecule has 1 saturated heterocycles. The Hall–Kier alpha value is -1.29. The number of carbonyl (C=O) groups excluding carboxylic acids is 1. The lowest BCUT2D eigenvalue weighted by molar-refractivity contribution is 0.0971. The molecule has 2 heterocycles. The second kappa shape index (κ2) is 4.18. The minimum Gasteiger partial charge on any atom is -0.311 e. The monoisotopic (exact) mass is 233 g/mol. The molecule has 17 heavy (non-hydrogen) atoms. The highest BCUT2D eigenvalue weighted by molar-refractivity contribution is 5.98. The molecule has 0 radical (unpaired) electrons. The number of likely N-dealkylation sites (N-methyl/N-ethyl adjacent to an activating group) is 1. The highest BCUT2D eigenvalue weighted by Crippen LogP contribution is 2.22. The van der Waals surface area contributed by atoms with E-state index in [-0.39, 0.29) is 0 Å². The molecule has 1 aromatic heterocycles. The lowest BCUT2D eigenvalue weighted by atomic mass is 9.97. The van der Waals surface area contributed by atoms with Crippen molar-refractivity contribution in [3.05, 3.63) is 23.5 Å². The number of aromatic nitrogens is 1. The highest BCUT2D eigenvalue weighted by Gasteiger charge is 2.23. The molecule has 2 aliphatic rings. The molecule has 1 aliphatic heterocycles. The van der Waals surface area contributed by atoms with E-state index >= 15 is 0 Å². The first-order valence-electron chi connectivity index (χ1n) is 6.43. The lowest BCUT2D eigenvalue weighted by Gasteiger charge is -2.36. The molecular weight excluding hydrogens is 214 g/mol. The predicted molar refractivity (Wildman–Crippen MR) is 67.1 cm³/mol. The summed E-state index contributed by atoms with van der Waals surface area (Å²) in [5, 5.41) is 2.36. The van der Waals surface area contributed by atoms with Crippen LogP contribution in [0.15, 0.2) is 12.3 Å². The number of ketones is 1. The molecule has 1 fully saturated rings. The van der Waals surface area contributed by atoms with E-state index in [1.807, 2.05) is 6.07 Å². The van der Waals surface area contributed by atoms with Crippen LogP contribution in [0, 0.1) is 0 Å². The van der Waals surface area contributed by atoms with Crippen LogP contribution in [0.2, 0.25) is 0 Å². The van der Waals surface area contributed by atoms with Crippen molar-refractivity contribution in [2.24, 2.45) is 0 Å². The molecule has 0 N–H and O–H groups in total. The number of piperazine rings is 1. The number of hydrogen-bond acceptors (Lipinski definition) is 3. The second-order valence-electron chi connectivity index (χ2n) is 5.05. The second-order valence-corrected chi connectivity index (χ2v) is 5.05. The van der Waals surface area contributed by atoms with Crippen molar-refractivity contribution in [2.75, 3.05) is 38.2 Å². The smallest absolute Gasteiger partial charge is 0.164 e. The van der Waals surface area contributed by atoms with Crippen molar-refractivity contribution in [2.45, 2.75) is 19.3 Å². The summed E-state index contributed by atoms with van der Waals surface area (Å²) in [4.78, 5) is 14.1. The Kier molecular flexibility index (Phi) is 2.67. The SMILES string of the molecule is CN1CCN(n2ccc3c2CCCC3=O)CC1. The maximum absolute atomic E-state index is 11.8. The van der Waals surface area contributed by atoms with Gasteiger partial charge >= 0.3 is 0 Å². The molecule has 0 saturated carbocycles. The third-order valence-corrected chi connectivity index (χ3v) is 3.87. The first-order chi connectivity index (χ1) is 8.25. The van der Waals surface area contributed by atoms with Crippen LogP contribution in [0.25, 0.3) is 0 Å². The molecule has 0 amide bonds. The summed E-state index contributed by atoms with van der Waals surface area (Å²) in [6.45, 7) is 4.29. The van der Waals surface area contributed by atoms with Crippen LogP contribution < -0.4 is 5.01 Å². The zero-order valence-corrected chi connectivity index (χ0v) is 10.4. The van der Waals surface area contributed by atoms with Crippen molar-refractivity contribution < 1.29 is 4.79 Å². The Balaban J connectivity index is 1.86. The van der Waals surface area contributed by atoms with Gasteiger partial charge in [0.15, 0.2) is 5.78 Å². The molecule has 0 aromatic carbocycles. The summed E-state index contributed by atoms with van der Waals surface area (Å²) in [6.07, 6.45) is 4.84. The van der Waals surface area contributed by atoms with Gasteiger partial charge in [0.25, 0.3) is 0 Å². The topological polar surface area (TPSA) is 28.5 Å². The third kappa shape index (κ3) is 1.86. The van der Waals surface area contributed by atoms with Gasteiger partial charge in [0.1, 0.15) is 0 Å². The van der Waals surface area contributed by atoms with Crippen LogP contribution in [0.3, 0.4) is 0 Å². The predicted octanol–water partition coefficient (Wildman–Crippen LogP) is 0.890. The lowest BCUT2D eigenvalue weighted by Crippen LogP contribution is -2.50. The van der Waals surface area contributed by atoms with E-state index in [4.69, 9.17) is 0 Å². The third-order valence-electron chi connectivity index (χ3n) is 3.87. The normalized spacial score (nSPS) is 21.7. The highest BCUT2D eigenvalue weighted by atomic mass is 16.1. The van der Waals surface area contributed by atoms with Crippen LogP contribution in [0.5, 0.6) is 0 Å². The van der Waals surface area contributed by atoms with Gasteiger partial charge in [-0.1, -0.05) is 0 Å². The Morgan fingerprint density at radius 2 is 1.88 bits per heavy atom. The largest absolute Gasteiger partial charge is 0.311 e. The van der Waals surface area contributed by atoms with Crippen LogP contribution in [-0.4, -0.2) is 48.6 Å². The van der Waals surface area contributed by atoms with Crippen LogP contribution in [0.1, 0.15) is 28.9 Å². The molecule has 4 heteroatoms. The summed E-state index contributed by atoms with van der Waals surface area (Å²) in [7, 11) is 2.16. The zero-order chi connectivity index (χ0) is 11.8. The van der Waals surface area contributed by atoms with E-state index in [1.54, 1.807) is 0 Å². The Labute approximate surface area is 102 Å². The van der Waals surface area contributed by atoms with Crippen molar-refractivity contribution in [3.8, 4) is 0 Å². The van der Waals surface area contributed by atoms with Gasteiger partial charge < -0.3 is 9.91 Å². The van der Waals surface area contributed by atoms with E-state index in [1.165, 1.54) is 5.69 Å². The van der Waals surface area contributed by atoms with Crippen LogP contribution in [0.4, 0.5) is 0 Å². The maximum Gasteiger partial charge on any atom is 0.164 e. The molecule has 1 aliphatic carbocycles. The summed E-state index contributed by atoms with van der Waals surface area (Å²) < 4.78 is 2.22. The standard InChI is InChI=1S/C13H19N3O/c1-14-7-9-15(10-8-14)16-6-5-11-12(16)3-2-4-13(11)17/h5-6H,2-4,7-10H2,1H3. The summed E-state index contributed by atoms with van der Waals surface area (Å²) in [5.74, 6) is 0.319. The van der Waals surface area contributed by atoms with Crippen molar-refractivity contribution in [1.82, 2.24) is 9.58 Å². The number of hydrogen-bond donors (Lipinski definition) is 0. The molecule has 92 valence electrons. The first-order valence-corrected chi connectivity index (χ1v) is 6.43. The average molecular weight is 233 g/mol. The van der Waals surface area contributed by atoms with Gasteiger partial charge in [-0.25, -0.2) is 0 Å². The fourth-order valence-electron chi connectivity index (χ4n) is 2.79. The fourth-order valence-corrected chi connectivity index (χ4v) is 2.79. The summed E-state index contributed by atoms with van der Waals surface area (Å²) in [5.41, 5.74) is 2.18. The molecule has 3 rings (SSSR count). The number of carbonyl (C=O) groups is 1. The van der Waals surface area contributed by atoms with Gasteiger partial charge in [0.2, 0.25) is 0 Å². The van der Waals surface area contributed by atoms with Gasteiger partial charge in [-0.15, -0.1) is 0 Å². The van der Waals surface area contributed by atoms with Gasteiger partial charge in [0, 0.05) is 44.4 Å². The number of nitrogens with zero attached hydrogens (tertiary/aromatic N) is 3. The van der Waals surface area contributed by atoms with E-state index in [9.17, 15) is 4.79 Å². The molecule has 1 aromatic rings. The maximum atomic E-state index is 11.8. The summed E-state index contributed by atoms with van der Waals surface area (Å²) in [6, 6.07) is 2.00. The molecule has 0 spiro atoms. The van der Waals surface area contributed by atoms with E-state index in [2.05, 4.69) is 27.8 Å². The van der Waals surface area contributed by atoms with E-state index < -0.39 is 0 Å². The zero-order valence-electron chi connectivity index (χ0n) is 10.4. The van der Waals surface area contributed by atoms with Crippen molar-refractivity contribution >= 4 is 5.78 Å². The number of rotatable bonds is 1. The van der Waals surface area contributed by atoms with Crippen molar-refractivity contribution in [1.29, 1.82) is 0 Å². The summed E-state index contributed by atoms with van der Waals surface area (Å²) >= 11 is 0. The number of fused-ring (bicyclic) bond motifs is 1. The number of Topliss-reactive ketones (excluding diaryl/α,β-unsaturated/α-hetero) is 1. The van der Waals surface area contributed by atoms with E-state index in [0.717, 1.165) is 51.0 Å². The van der Waals surface area contributed by atoms with Crippen LogP contribution in [-0.2, 0) is 6.42 Å². The first kappa shape index (κ1) is 10.8. The van der Waals surface area contributed by atoms with Gasteiger partial charge in [0.05, 0.1) is 5.69 Å². The molecule has 0 bridgehead atoms. The minimum absolute atomic E-state index is 0.319. The van der Waals surface area contributed by atoms with Gasteiger partial charge in [-0.2, -0.15) is 0 Å². The molecule has 4 nitrogen and oxygen atoms in total. The average Bonchev–Trinajstić information content (AvgIpc) is 2.75. The molecular formula is C13H19N3O. The molecule has 0 atom stereocenters. The fraction of sp³-hybridized carbons (Fsp3) is 0.615. The van der Waals surface area contributed by atoms with Crippen molar-refractivity contribution in [3.63, 3.8) is 0 Å². The Morgan fingerprint density at radius 3 is 2.65 bits per heavy atom. The Bertz CT molecular complexity index is 430. The van der Waals surface area contributed by atoms with Crippen LogP contribution >= 0.6 is 0 Å². The van der Waals surface area contributed by atoms with E-state index in [0.29, 0.717) is 5.78 Å². The van der Waals surface area contributed by atoms with Gasteiger partial charge in [-0.3, -0.25) is 9.47 Å². The van der Waals surface area contributed by atoms with Gasteiger partial charge in [-0.05, 0) is 26.0 Å². The molecule has 0 unspecified atom stereocenters. The minimum atomic E-state index is 0.319. The quantitative estimate of drug-likeness (QED) is 0.721. The Morgan fingerprint density at radius 1 is 1.12 bits per heavy atom.